The van der Waals surface area contributed by atoms with E-state index in [4.69, 9.17) is 0 Å². The van der Waals surface area contributed by atoms with E-state index in [1.54, 1.807) is 12.1 Å². The highest BCUT2D eigenvalue weighted by molar-refractivity contribution is 5.88. The molecule has 1 aromatic carbocycles. The number of anilines is 1. The minimum Gasteiger partial charge on any atom is -0.345 e. The predicted molar refractivity (Wildman–Crippen MR) is 75.5 cm³/mol. The Kier molecular flexibility index (Phi) is 5.62. The van der Waals surface area contributed by atoms with Gasteiger partial charge in [-0.05, 0) is 24.3 Å². The van der Waals surface area contributed by atoms with E-state index in [0.29, 0.717) is 6.54 Å². The summed E-state index contributed by atoms with van der Waals surface area (Å²) >= 11 is 0. The highest BCUT2D eigenvalue weighted by Gasteiger charge is 2.03. The molecule has 2 amide bonds. The quantitative estimate of drug-likeness (QED) is 0.812. The van der Waals surface area contributed by atoms with Crippen LogP contribution in [0.1, 0.15) is 26.3 Å². The Labute approximate surface area is 113 Å². The summed E-state index contributed by atoms with van der Waals surface area (Å²) in [6.07, 6.45) is 0. The molecule has 0 aliphatic rings. The van der Waals surface area contributed by atoms with Crippen molar-refractivity contribution in [2.75, 3.05) is 11.9 Å². The Morgan fingerprint density at radius 2 is 1.84 bits per heavy atom. The zero-order chi connectivity index (χ0) is 14.3. The van der Waals surface area contributed by atoms with Gasteiger partial charge in [0.25, 0.3) is 0 Å². The zero-order valence-electron chi connectivity index (χ0n) is 11.4. The molecule has 0 radical (unpaired) electrons. The van der Waals surface area contributed by atoms with Crippen LogP contribution in [0, 0.1) is 17.8 Å². The van der Waals surface area contributed by atoms with Crippen molar-refractivity contribution in [2.24, 2.45) is 5.92 Å². The number of carbonyl (C=O) groups excluding carboxylic acids is 2. The second kappa shape index (κ2) is 7.22. The van der Waals surface area contributed by atoms with Crippen molar-refractivity contribution in [2.45, 2.75) is 20.8 Å². The second-order valence-corrected chi connectivity index (χ2v) is 4.43. The van der Waals surface area contributed by atoms with Gasteiger partial charge in [0.2, 0.25) is 11.8 Å². The lowest BCUT2D eigenvalue weighted by atomic mass is 10.2. The average molecular weight is 258 g/mol. The van der Waals surface area contributed by atoms with Crippen LogP contribution in [0.4, 0.5) is 5.69 Å². The van der Waals surface area contributed by atoms with Crippen LogP contribution in [0.3, 0.4) is 0 Å². The predicted octanol–water partition coefficient (Wildman–Crippen LogP) is 1.77. The molecule has 0 fully saturated rings. The topological polar surface area (TPSA) is 58.2 Å². The Bertz CT molecular complexity index is 507. The highest BCUT2D eigenvalue weighted by atomic mass is 16.2. The third-order valence-electron chi connectivity index (χ3n) is 2.31. The minimum atomic E-state index is -0.102. The van der Waals surface area contributed by atoms with Crippen molar-refractivity contribution < 1.29 is 9.59 Å². The minimum absolute atomic E-state index is 0.00435. The first-order valence-corrected chi connectivity index (χ1v) is 6.13. The van der Waals surface area contributed by atoms with E-state index in [0.717, 1.165) is 11.3 Å². The second-order valence-electron chi connectivity index (χ2n) is 4.43. The van der Waals surface area contributed by atoms with Gasteiger partial charge in [-0.25, -0.2) is 0 Å². The monoisotopic (exact) mass is 258 g/mol. The Hall–Kier alpha value is -2.28. The summed E-state index contributed by atoms with van der Waals surface area (Å²) in [4.78, 5) is 22.1. The van der Waals surface area contributed by atoms with Gasteiger partial charge in [0.1, 0.15) is 0 Å². The number of hydrogen-bond acceptors (Lipinski definition) is 2. The van der Waals surface area contributed by atoms with Crippen molar-refractivity contribution in [3.05, 3.63) is 29.8 Å². The van der Waals surface area contributed by atoms with Crippen molar-refractivity contribution >= 4 is 17.5 Å². The number of rotatable bonds is 3. The molecule has 0 saturated heterocycles. The molecule has 4 nitrogen and oxygen atoms in total. The van der Waals surface area contributed by atoms with Gasteiger partial charge in [-0.2, -0.15) is 0 Å². The van der Waals surface area contributed by atoms with Crippen LogP contribution in [0.5, 0.6) is 0 Å². The van der Waals surface area contributed by atoms with E-state index in [1.165, 1.54) is 6.92 Å². The van der Waals surface area contributed by atoms with Crippen molar-refractivity contribution in [1.29, 1.82) is 0 Å². The van der Waals surface area contributed by atoms with Gasteiger partial charge in [0.05, 0.1) is 6.54 Å². The zero-order valence-corrected chi connectivity index (χ0v) is 11.4. The number of amides is 2. The third kappa shape index (κ3) is 5.73. The summed E-state index contributed by atoms with van der Waals surface area (Å²) < 4.78 is 0. The summed E-state index contributed by atoms with van der Waals surface area (Å²) in [5.41, 5.74) is 1.58. The molecular formula is C15H18N2O2. The maximum absolute atomic E-state index is 11.3. The lowest BCUT2D eigenvalue weighted by molar-refractivity contribution is -0.123. The van der Waals surface area contributed by atoms with Crippen LogP contribution in [-0.4, -0.2) is 18.4 Å². The molecule has 1 aromatic rings. The SMILES string of the molecule is CC(=O)Nc1ccc(C#CCNC(=O)C(C)C)cc1. The summed E-state index contributed by atoms with van der Waals surface area (Å²) in [6.45, 7) is 5.47. The van der Waals surface area contributed by atoms with Crippen LogP contribution < -0.4 is 10.6 Å². The number of nitrogens with one attached hydrogen (secondary N) is 2. The molecule has 1 rings (SSSR count). The Morgan fingerprint density at radius 3 is 2.37 bits per heavy atom. The molecular weight excluding hydrogens is 240 g/mol. The van der Waals surface area contributed by atoms with Crippen molar-refractivity contribution in [1.82, 2.24) is 5.32 Å². The van der Waals surface area contributed by atoms with E-state index >= 15 is 0 Å². The third-order valence-corrected chi connectivity index (χ3v) is 2.31. The van der Waals surface area contributed by atoms with Gasteiger partial charge < -0.3 is 10.6 Å². The van der Waals surface area contributed by atoms with Crippen LogP contribution in [0.25, 0.3) is 0 Å². The summed E-state index contributed by atoms with van der Waals surface area (Å²) in [7, 11) is 0. The molecule has 0 atom stereocenters. The maximum Gasteiger partial charge on any atom is 0.223 e. The van der Waals surface area contributed by atoms with Gasteiger partial charge in [-0.3, -0.25) is 9.59 Å². The van der Waals surface area contributed by atoms with Gasteiger partial charge in [-0.15, -0.1) is 0 Å². The first-order valence-electron chi connectivity index (χ1n) is 6.13. The van der Waals surface area contributed by atoms with Crippen LogP contribution in [0.15, 0.2) is 24.3 Å². The Balaban J connectivity index is 2.50. The molecule has 100 valence electrons. The fraction of sp³-hybridized carbons (Fsp3) is 0.333. The average Bonchev–Trinajstić information content (AvgIpc) is 2.35. The fourth-order valence-corrected chi connectivity index (χ4v) is 1.32. The smallest absolute Gasteiger partial charge is 0.223 e. The molecule has 0 aromatic heterocycles. The van der Waals surface area contributed by atoms with Crippen LogP contribution >= 0.6 is 0 Å². The fourth-order valence-electron chi connectivity index (χ4n) is 1.32. The molecule has 2 N–H and O–H groups in total. The number of hydrogen-bond donors (Lipinski definition) is 2. The van der Waals surface area contributed by atoms with E-state index in [9.17, 15) is 9.59 Å². The van der Waals surface area contributed by atoms with Crippen LogP contribution in [-0.2, 0) is 9.59 Å². The highest BCUT2D eigenvalue weighted by Crippen LogP contribution is 2.08. The van der Waals surface area contributed by atoms with Crippen molar-refractivity contribution in [3.8, 4) is 11.8 Å². The molecule has 0 aliphatic carbocycles. The molecule has 0 spiro atoms. The number of benzene rings is 1. The molecule has 0 unspecified atom stereocenters. The normalized spacial score (nSPS) is 9.47. The lowest BCUT2D eigenvalue weighted by Crippen LogP contribution is -2.27. The molecule has 0 saturated carbocycles. The summed E-state index contributed by atoms with van der Waals surface area (Å²) in [5.74, 6) is 5.69. The Morgan fingerprint density at radius 1 is 1.21 bits per heavy atom. The summed E-state index contributed by atoms with van der Waals surface area (Å²) in [6, 6.07) is 7.22. The first-order chi connectivity index (χ1) is 8.99. The molecule has 19 heavy (non-hydrogen) atoms. The summed E-state index contributed by atoms with van der Waals surface area (Å²) in [5, 5.41) is 5.40. The van der Waals surface area contributed by atoms with E-state index < -0.39 is 0 Å². The van der Waals surface area contributed by atoms with Gasteiger partial charge in [-0.1, -0.05) is 25.7 Å². The maximum atomic E-state index is 11.3. The molecule has 4 heteroatoms. The lowest BCUT2D eigenvalue weighted by Gasteiger charge is -2.03. The van der Waals surface area contributed by atoms with E-state index in [1.807, 2.05) is 26.0 Å². The molecule has 0 heterocycles. The molecule has 0 aliphatic heterocycles. The van der Waals surface area contributed by atoms with Gasteiger partial charge in [0.15, 0.2) is 0 Å². The van der Waals surface area contributed by atoms with Crippen molar-refractivity contribution in [3.63, 3.8) is 0 Å². The van der Waals surface area contributed by atoms with Crippen LogP contribution in [0.2, 0.25) is 0 Å². The van der Waals surface area contributed by atoms with E-state index in [-0.39, 0.29) is 17.7 Å². The number of carbonyl (C=O) groups is 2. The van der Waals surface area contributed by atoms with E-state index in [2.05, 4.69) is 22.5 Å². The molecule has 0 bridgehead atoms. The van der Waals surface area contributed by atoms with Gasteiger partial charge >= 0.3 is 0 Å². The van der Waals surface area contributed by atoms with Gasteiger partial charge in [0, 0.05) is 24.1 Å². The largest absolute Gasteiger partial charge is 0.345 e. The standard InChI is InChI=1S/C15H18N2O2/c1-11(2)15(19)16-10-4-5-13-6-8-14(9-7-13)17-12(3)18/h6-9,11H,10H2,1-3H3,(H,16,19)(H,17,18). The first kappa shape index (κ1) is 14.8.